The Morgan fingerprint density at radius 1 is 0.731 bits per heavy atom. The molecule has 0 radical (unpaired) electrons. The van der Waals surface area contributed by atoms with Gasteiger partial charge in [-0.2, -0.15) is 0 Å². The van der Waals surface area contributed by atoms with Crippen LogP contribution in [0.3, 0.4) is 0 Å². The summed E-state index contributed by atoms with van der Waals surface area (Å²) >= 11 is 3.45. The molecule has 0 spiro atoms. The summed E-state index contributed by atoms with van der Waals surface area (Å²) in [5, 5.41) is 0. The number of nitrogens with zero attached hydrogens (tertiary/aromatic N) is 2. The number of hydrogen-bond donors (Lipinski definition) is 0. The SMILES string of the molecule is O=c1c(-c2ccccc2)cnc(-c2ccccc2)n1-c1ccc(Br)cc1. The molecule has 0 saturated carbocycles. The Kier molecular flexibility index (Phi) is 4.50. The molecule has 26 heavy (non-hydrogen) atoms. The minimum Gasteiger partial charge on any atom is -0.268 e. The highest BCUT2D eigenvalue weighted by atomic mass is 79.9. The van der Waals surface area contributed by atoms with Crippen molar-refractivity contribution < 1.29 is 0 Å². The molecule has 1 aromatic heterocycles. The highest BCUT2D eigenvalue weighted by Gasteiger charge is 2.14. The molecule has 3 aromatic carbocycles. The lowest BCUT2D eigenvalue weighted by molar-refractivity contribution is 0.952. The van der Waals surface area contributed by atoms with Crippen LogP contribution in [0.15, 0.2) is 100 Å². The van der Waals surface area contributed by atoms with Crippen LogP contribution in [-0.4, -0.2) is 9.55 Å². The van der Waals surface area contributed by atoms with Crippen molar-refractivity contribution in [2.45, 2.75) is 0 Å². The van der Waals surface area contributed by atoms with Crippen LogP contribution in [0.5, 0.6) is 0 Å². The van der Waals surface area contributed by atoms with Crippen molar-refractivity contribution in [3.8, 4) is 28.2 Å². The third-order valence-electron chi connectivity index (χ3n) is 4.16. The number of hydrogen-bond acceptors (Lipinski definition) is 2. The Hall–Kier alpha value is -2.98. The summed E-state index contributed by atoms with van der Waals surface area (Å²) in [6.45, 7) is 0. The number of rotatable bonds is 3. The molecule has 0 fully saturated rings. The summed E-state index contributed by atoms with van der Waals surface area (Å²) in [4.78, 5) is 18.0. The van der Waals surface area contributed by atoms with E-state index in [0.29, 0.717) is 11.4 Å². The van der Waals surface area contributed by atoms with E-state index >= 15 is 0 Å². The van der Waals surface area contributed by atoms with Gasteiger partial charge in [0, 0.05) is 16.2 Å². The monoisotopic (exact) mass is 402 g/mol. The topological polar surface area (TPSA) is 34.9 Å². The quantitative estimate of drug-likeness (QED) is 0.464. The van der Waals surface area contributed by atoms with Gasteiger partial charge in [0.05, 0.1) is 11.3 Å². The first-order valence-corrected chi connectivity index (χ1v) is 9.02. The molecule has 1 heterocycles. The minimum atomic E-state index is -0.0904. The van der Waals surface area contributed by atoms with Crippen LogP contribution >= 0.6 is 15.9 Å². The van der Waals surface area contributed by atoms with Crippen LogP contribution in [0.1, 0.15) is 0 Å². The van der Waals surface area contributed by atoms with Gasteiger partial charge < -0.3 is 0 Å². The van der Waals surface area contributed by atoms with Gasteiger partial charge >= 0.3 is 0 Å². The standard InChI is InChI=1S/C22H15BrN2O/c23-18-11-13-19(14-12-18)25-21(17-9-5-2-6-10-17)24-15-20(22(25)26)16-7-3-1-4-8-16/h1-15H. The second-order valence-corrected chi connectivity index (χ2v) is 6.76. The lowest BCUT2D eigenvalue weighted by atomic mass is 10.1. The molecule has 0 aliphatic carbocycles. The van der Waals surface area contributed by atoms with E-state index in [2.05, 4.69) is 20.9 Å². The van der Waals surface area contributed by atoms with Crippen LogP contribution in [0, 0.1) is 0 Å². The zero-order valence-corrected chi connectivity index (χ0v) is 15.4. The molecule has 4 heteroatoms. The first-order chi connectivity index (χ1) is 12.7. The molecule has 3 nitrogen and oxygen atoms in total. The number of halogens is 1. The van der Waals surface area contributed by atoms with Crippen molar-refractivity contribution >= 4 is 15.9 Å². The lowest BCUT2D eigenvalue weighted by Gasteiger charge is -2.14. The Morgan fingerprint density at radius 3 is 1.92 bits per heavy atom. The zero-order valence-electron chi connectivity index (χ0n) is 13.8. The molecule has 0 saturated heterocycles. The third kappa shape index (κ3) is 3.11. The van der Waals surface area contributed by atoms with Crippen molar-refractivity contribution in [3.63, 3.8) is 0 Å². The van der Waals surface area contributed by atoms with E-state index < -0.39 is 0 Å². The van der Waals surface area contributed by atoms with Crippen molar-refractivity contribution in [2.24, 2.45) is 0 Å². The van der Waals surface area contributed by atoms with E-state index in [-0.39, 0.29) is 5.56 Å². The Bertz CT molecular complexity index is 1090. The van der Waals surface area contributed by atoms with E-state index in [9.17, 15) is 4.79 Å². The average molecular weight is 403 g/mol. The number of benzene rings is 3. The summed E-state index contributed by atoms with van der Waals surface area (Å²) in [6, 6.07) is 27.0. The summed E-state index contributed by atoms with van der Waals surface area (Å²) in [6.07, 6.45) is 1.66. The van der Waals surface area contributed by atoms with Gasteiger partial charge in [0.1, 0.15) is 5.82 Å². The normalized spacial score (nSPS) is 10.7. The van der Waals surface area contributed by atoms with E-state index in [4.69, 9.17) is 0 Å². The second kappa shape index (κ2) is 7.10. The van der Waals surface area contributed by atoms with E-state index in [0.717, 1.165) is 21.3 Å². The van der Waals surface area contributed by atoms with Gasteiger partial charge in [-0.3, -0.25) is 9.36 Å². The Morgan fingerprint density at radius 2 is 1.31 bits per heavy atom. The summed E-state index contributed by atoms with van der Waals surface area (Å²) in [5.74, 6) is 0.623. The maximum absolute atomic E-state index is 13.4. The molecule has 4 aromatic rings. The summed E-state index contributed by atoms with van der Waals surface area (Å²) < 4.78 is 2.63. The van der Waals surface area contributed by atoms with Gasteiger partial charge in [0.25, 0.3) is 5.56 Å². The van der Waals surface area contributed by atoms with Crippen LogP contribution in [0.25, 0.3) is 28.2 Å². The Labute approximate surface area is 159 Å². The van der Waals surface area contributed by atoms with Crippen LogP contribution in [0.2, 0.25) is 0 Å². The first kappa shape index (κ1) is 16.5. The van der Waals surface area contributed by atoms with Crippen molar-refractivity contribution in [1.29, 1.82) is 0 Å². The smallest absolute Gasteiger partial charge is 0.266 e. The maximum atomic E-state index is 13.4. The fourth-order valence-electron chi connectivity index (χ4n) is 2.89. The van der Waals surface area contributed by atoms with Crippen molar-refractivity contribution in [2.75, 3.05) is 0 Å². The molecule has 0 aliphatic heterocycles. The van der Waals surface area contributed by atoms with Gasteiger partial charge in [-0.15, -0.1) is 0 Å². The summed E-state index contributed by atoms with van der Waals surface area (Å²) in [5.41, 5.74) is 3.02. The fraction of sp³-hybridized carbons (Fsp3) is 0. The fourth-order valence-corrected chi connectivity index (χ4v) is 3.16. The van der Waals surface area contributed by atoms with Crippen molar-refractivity contribution in [1.82, 2.24) is 9.55 Å². The van der Waals surface area contributed by atoms with Gasteiger partial charge in [0.2, 0.25) is 0 Å². The predicted molar refractivity (Wildman–Crippen MR) is 108 cm³/mol. The van der Waals surface area contributed by atoms with E-state index in [1.54, 1.807) is 10.8 Å². The zero-order chi connectivity index (χ0) is 17.9. The van der Waals surface area contributed by atoms with Gasteiger partial charge in [-0.1, -0.05) is 76.6 Å². The molecule has 126 valence electrons. The highest BCUT2D eigenvalue weighted by molar-refractivity contribution is 9.10. The molecular formula is C22H15BrN2O. The number of aromatic nitrogens is 2. The molecule has 0 N–H and O–H groups in total. The van der Waals surface area contributed by atoms with Gasteiger partial charge in [0.15, 0.2) is 0 Å². The predicted octanol–water partition coefficient (Wildman–Crippen LogP) is 5.33. The van der Waals surface area contributed by atoms with Gasteiger partial charge in [-0.05, 0) is 29.8 Å². The lowest BCUT2D eigenvalue weighted by Crippen LogP contribution is -2.23. The molecule has 4 rings (SSSR count). The van der Waals surface area contributed by atoms with E-state index in [1.165, 1.54) is 0 Å². The molecule has 0 aliphatic rings. The largest absolute Gasteiger partial charge is 0.268 e. The van der Waals surface area contributed by atoms with Crippen LogP contribution in [-0.2, 0) is 0 Å². The summed E-state index contributed by atoms with van der Waals surface area (Å²) in [7, 11) is 0. The van der Waals surface area contributed by atoms with Crippen LogP contribution < -0.4 is 5.56 Å². The molecular weight excluding hydrogens is 388 g/mol. The molecule has 0 bridgehead atoms. The Balaban J connectivity index is 2.01. The second-order valence-electron chi connectivity index (χ2n) is 5.84. The molecule has 0 amide bonds. The van der Waals surface area contributed by atoms with E-state index in [1.807, 2.05) is 84.9 Å². The molecule has 0 atom stereocenters. The first-order valence-electron chi connectivity index (χ1n) is 8.23. The highest BCUT2D eigenvalue weighted by Crippen LogP contribution is 2.23. The maximum Gasteiger partial charge on any atom is 0.266 e. The van der Waals surface area contributed by atoms with Crippen LogP contribution in [0.4, 0.5) is 0 Å². The molecule has 0 unspecified atom stereocenters. The average Bonchev–Trinajstić information content (AvgIpc) is 2.70. The minimum absolute atomic E-state index is 0.0904. The van der Waals surface area contributed by atoms with Crippen molar-refractivity contribution in [3.05, 3.63) is 106 Å². The third-order valence-corrected chi connectivity index (χ3v) is 4.69. The van der Waals surface area contributed by atoms with Gasteiger partial charge in [-0.25, -0.2) is 4.98 Å².